The molecule has 0 bridgehead atoms. The molecule has 0 radical (unpaired) electrons. The van der Waals surface area contributed by atoms with Crippen LogP contribution in [0.4, 0.5) is 0 Å². The number of aliphatic hydroxyl groups is 1. The van der Waals surface area contributed by atoms with Crippen molar-refractivity contribution in [1.29, 1.82) is 0 Å². The molecule has 0 amide bonds. The number of aryl methyl sites for hydroxylation is 1. The minimum absolute atomic E-state index is 0.0600. The van der Waals surface area contributed by atoms with Gasteiger partial charge in [0.25, 0.3) is 0 Å². The SMILES string of the molecule is CC/C=C(CCc1ccc(O)c(O)c1)\C(CCOC(=O)c1cc(O)c(O)c(O)c1)=C(/C)O. The Bertz CT molecular complexity index is 1010. The molecule has 0 saturated carbocycles. The number of benzene rings is 2. The largest absolute Gasteiger partial charge is 0.512 e. The first-order valence-electron chi connectivity index (χ1n) is 10.1. The fourth-order valence-electron chi connectivity index (χ4n) is 3.25. The summed E-state index contributed by atoms with van der Waals surface area (Å²) < 4.78 is 5.20. The van der Waals surface area contributed by atoms with E-state index in [1.807, 2.05) is 13.0 Å². The lowest BCUT2D eigenvalue weighted by atomic mass is 9.94. The molecule has 0 aliphatic heterocycles. The predicted molar refractivity (Wildman–Crippen MR) is 118 cm³/mol. The third kappa shape index (κ3) is 6.34. The highest BCUT2D eigenvalue weighted by molar-refractivity contribution is 5.91. The van der Waals surface area contributed by atoms with E-state index in [1.165, 1.54) is 12.1 Å². The summed E-state index contributed by atoms with van der Waals surface area (Å²) in [5.41, 5.74) is 2.19. The molecule has 0 unspecified atom stereocenters. The lowest BCUT2D eigenvalue weighted by Crippen LogP contribution is -2.08. The summed E-state index contributed by atoms with van der Waals surface area (Å²) >= 11 is 0. The molecule has 6 N–H and O–H groups in total. The zero-order valence-corrected chi connectivity index (χ0v) is 18.0. The van der Waals surface area contributed by atoms with Crippen molar-refractivity contribution in [3.05, 3.63) is 64.4 Å². The third-order valence-corrected chi connectivity index (χ3v) is 4.89. The molecule has 2 rings (SSSR count). The lowest BCUT2D eigenvalue weighted by molar-refractivity contribution is 0.0507. The first-order valence-corrected chi connectivity index (χ1v) is 10.1. The summed E-state index contributed by atoms with van der Waals surface area (Å²) in [7, 11) is 0. The lowest BCUT2D eigenvalue weighted by Gasteiger charge is -2.15. The number of ether oxygens (including phenoxy) is 1. The Kier molecular flexibility index (Phi) is 8.40. The van der Waals surface area contributed by atoms with Gasteiger partial charge in [0.05, 0.1) is 17.9 Å². The van der Waals surface area contributed by atoms with Crippen LogP contribution in [0.2, 0.25) is 0 Å². The second-order valence-electron chi connectivity index (χ2n) is 7.27. The predicted octanol–water partition coefficient (Wildman–Crippen LogP) is 4.56. The van der Waals surface area contributed by atoms with Crippen molar-refractivity contribution >= 4 is 5.97 Å². The monoisotopic (exact) mass is 444 g/mol. The number of aliphatic hydroxyl groups excluding tert-OH is 1. The van der Waals surface area contributed by atoms with Crippen molar-refractivity contribution < 1.29 is 40.2 Å². The van der Waals surface area contributed by atoms with Gasteiger partial charge < -0.3 is 35.4 Å². The van der Waals surface area contributed by atoms with E-state index < -0.39 is 23.2 Å². The van der Waals surface area contributed by atoms with Gasteiger partial charge in [-0.05, 0) is 67.2 Å². The van der Waals surface area contributed by atoms with Crippen LogP contribution in [0.25, 0.3) is 0 Å². The average Bonchev–Trinajstić information content (AvgIpc) is 2.74. The van der Waals surface area contributed by atoms with Crippen LogP contribution < -0.4 is 0 Å². The third-order valence-electron chi connectivity index (χ3n) is 4.89. The van der Waals surface area contributed by atoms with E-state index in [2.05, 4.69) is 0 Å². The van der Waals surface area contributed by atoms with Crippen LogP contribution in [0, 0.1) is 0 Å². The quantitative estimate of drug-likeness (QED) is 0.143. The Balaban J connectivity index is 2.05. The molecule has 2 aromatic rings. The van der Waals surface area contributed by atoms with Crippen LogP contribution in [-0.2, 0) is 11.2 Å². The summed E-state index contributed by atoms with van der Waals surface area (Å²) in [6, 6.07) is 6.58. The molecule has 32 heavy (non-hydrogen) atoms. The Hall–Kier alpha value is -3.81. The van der Waals surface area contributed by atoms with E-state index >= 15 is 0 Å². The number of rotatable bonds is 9. The van der Waals surface area contributed by atoms with Crippen LogP contribution in [0.5, 0.6) is 28.7 Å². The van der Waals surface area contributed by atoms with Crippen molar-refractivity contribution in [2.24, 2.45) is 0 Å². The van der Waals surface area contributed by atoms with Crippen molar-refractivity contribution in [3.8, 4) is 28.7 Å². The normalized spacial score (nSPS) is 12.4. The first kappa shape index (κ1) is 24.5. The second kappa shape index (κ2) is 11.0. The van der Waals surface area contributed by atoms with Crippen LogP contribution in [-0.4, -0.2) is 43.2 Å². The van der Waals surface area contributed by atoms with E-state index in [9.17, 15) is 35.4 Å². The Labute approximate surface area is 186 Å². The second-order valence-corrected chi connectivity index (χ2v) is 7.27. The Morgan fingerprint density at radius 2 is 1.59 bits per heavy atom. The van der Waals surface area contributed by atoms with Gasteiger partial charge in [0, 0.05) is 6.42 Å². The minimum atomic E-state index is -0.800. The number of esters is 1. The number of phenols is 5. The molecule has 8 nitrogen and oxygen atoms in total. The topological polar surface area (TPSA) is 148 Å². The summed E-state index contributed by atoms with van der Waals surface area (Å²) in [5, 5.41) is 57.8. The summed E-state index contributed by atoms with van der Waals surface area (Å²) in [4.78, 5) is 12.2. The zero-order valence-electron chi connectivity index (χ0n) is 18.0. The van der Waals surface area contributed by atoms with Gasteiger partial charge in [-0.25, -0.2) is 4.79 Å². The van der Waals surface area contributed by atoms with Gasteiger partial charge in [-0.3, -0.25) is 0 Å². The maximum Gasteiger partial charge on any atom is 0.338 e. The molecule has 0 aliphatic carbocycles. The number of allylic oxidation sites excluding steroid dienone is 3. The highest BCUT2D eigenvalue weighted by Gasteiger charge is 2.16. The van der Waals surface area contributed by atoms with Gasteiger partial charge in [-0.15, -0.1) is 0 Å². The first-order chi connectivity index (χ1) is 15.1. The highest BCUT2D eigenvalue weighted by Crippen LogP contribution is 2.35. The molecule has 172 valence electrons. The smallest absolute Gasteiger partial charge is 0.338 e. The highest BCUT2D eigenvalue weighted by atomic mass is 16.5. The summed E-state index contributed by atoms with van der Waals surface area (Å²) in [5.74, 6) is -3.11. The minimum Gasteiger partial charge on any atom is -0.512 e. The molecule has 0 aromatic heterocycles. The van der Waals surface area contributed by atoms with Crippen molar-refractivity contribution in [3.63, 3.8) is 0 Å². The maximum absolute atomic E-state index is 12.2. The van der Waals surface area contributed by atoms with Crippen LogP contribution in [0.15, 0.2) is 53.3 Å². The van der Waals surface area contributed by atoms with E-state index in [4.69, 9.17) is 4.74 Å². The van der Waals surface area contributed by atoms with Crippen molar-refractivity contribution in [2.75, 3.05) is 6.61 Å². The summed E-state index contributed by atoms with van der Waals surface area (Å²) in [6.07, 6.45) is 4.03. The number of hydrogen-bond donors (Lipinski definition) is 6. The van der Waals surface area contributed by atoms with Gasteiger partial charge in [-0.1, -0.05) is 19.1 Å². The number of carbonyl (C=O) groups excluding carboxylic acids is 1. The fourth-order valence-corrected chi connectivity index (χ4v) is 3.25. The van der Waals surface area contributed by atoms with Gasteiger partial charge in [0.1, 0.15) is 0 Å². The molecule has 0 heterocycles. The van der Waals surface area contributed by atoms with E-state index in [0.717, 1.165) is 29.7 Å². The average molecular weight is 444 g/mol. The van der Waals surface area contributed by atoms with Gasteiger partial charge in [0.2, 0.25) is 0 Å². The number of phenolic OH excluding ortho intramolecular Hbond substituents is 5. The standard InChI is InChI=1S/C24H28O8/c1-3-4-16(7-5-15-6-8-19(26)20(27)11-15)18(14(2)25)9-10-32-24(31)17-12-21(28)23(30)22(29)13-17/h4,6,8,11-13,25-30H,3,5,7,9-10H2,1-2H3/b16-4-,18-14+. The Morgan fingerprint density at radius 3 is 2.16 bits per heavy atom. The van der Waals surface area contributed by atoms with Gasteiger partial charge in [-0.2, -0.15) is 0 Å². The Morgan fingerprint density at radius 1 is 0.938 bits per heavy atom. The number of hydrogen-bond acceptors (Lipinski definition) is 8. The van der Waals surface area contributed by atoms with E-state index in [0.29, 0.717) is 18.4 Å². The van der Waals surface area contributed by atoms with Gasteiger partial charge in [0.15, 0.2) is 28.7 Å². The van der Waals surface area contributed by atoms with Crippen LogP contribution >= 0.6 is 0 Å². The fraction of sp³-hybridized carbons (Fsp3) is 0.292. The van der Waals surface area contributed by atoms with E-state index in [1.54, 1.807) is 13.0 Å². The molecule has 0 saturated heterocycles. The molecule has 0 fully saturated rings. The van der Waals surface area contributed by atoms with Crippen molar-refractivity contribution in [2.45, 2.75) is 39.5 Å². The van der Waals surface area contributed by atoms with Crippen LogP contribution in [0.1, 0.15) is 49.0 Å². The molecule has 8 heteroatoms. The number of aromatic hydroxyl groups is 5. The molecular formula is C24H28O8. The molecule has 0 spiro atoms. The molecule has 0 atom stereocenters. The van der Waals surface area contributed by atoms with Gasteiger partial charge >= 0.3 is 5.97 Å². The number of carbonyl (C=O) groups is 1. The van der Waals surface area contributed by atoms with E-state index in [-0.39, 0.29) is 35.8 Å². The molecule has 0 aliphatic rings. The maximum atomic E-state index is 12.2. The van der Waals surface area contributed by atoms with Crippen LogP contribution in [0.3, 0.4) is 0 Å². The zero-order chi connectivity index (χ0) is 23.8. The summed E-state index contributed by atoms with van der Waals surface area (Å²) in [6.45, 7) is 3.44. The van der Waals surface area contributed by atoms with Crippen molar-refractivity contribution in [1.82, 2.24) is 0 Å². The molecular weight excluding hydrogens is 416 g/mol. The molecule has 2 aromatic carbocycles.